The molecule has 0 saturated heterocycles. The van der Waals surface area contributed by atoms with E-state index in [4.69, 9.17) is 11.0 Å². The molecule has 0 aliphatic heterocycles. The Kier molecular flexibility index (Phi) is 4.61. The number of nitrogens with two attached hydrogens (primary N) is 1. The fourth-order valence-electron chi connectivity index (χ4n) is 1.40. The van der Waals surface area contributed by atoms with E-state index in [0.29, 0.717) is 24.2 Å². The summed E-state index contributed by atoms with van der Waals surface area (Å²) in [7, 11) is 1.69. The third-order valence-electron chi connectivity index (χ3n) is 2.64. The summed E-state index contributed by atoms with van der Waals surface area (Å²) in [5, 5.41) is 8.61. The van der Waals surface area contributed by atoms with E-state index in [9.17, 15) is 4.79 Å². The molecule has 5 nitrogen and oxygen atoms in total. The number of amides is 1. The molecule has 0 aliphatic rings. The van der Waals surface area contributed by atoms with Crippen molar-refractivity contribution in [3.8, 4) is 6.07 Å². The minimum atomic E-state index is -0.121. The Morgan fingerprint density at radius 1 is 1.71 bits per heavy atom. The Labute approximate surface area is 101 Å². The summed E-state index contributed by atoms with van der Waals surface area (Å²) in [6, 6.07) is 5.27. The number of carbonyl (C=O) groups is 1. The van der Waals surface area contributed by atoms with Crippen molar-refractivity contribution in [2.24, 2.45) is 5.73 Å². The van der Waals surface area contributed by atoms with Gasteiger partial charge in [-0.3, -0.25) is 9.78 Å². The van der Waals surface area contributed by atoms with E-state index < -0.39 is 0 Å². The maximum atomic E-state index is 12.1. The molecule has 0 radical (unpaired) electrons. The van der Waals surface area contributed by atoms with Gasteiger partial charge in [0.15, 0.2) is 0 Å². The van der Waals surface area contributed by atoms with Crippen LogP contribution in [-0.4, -0.2) is 28.9 Å². The topological polar surface area (TPSA) is 83.0 Å². The molecule has 0 fully saturated rings. The molecule has 2 N–H and O–H groups in total. The van der Waals surface area contributed by atoms with Crippen LogP contribution in [-0.2, 0) is 6.54 Å². The minimum Gasteiger partial charge on any atom is -0.338 e. The van der Waals surface area contributed by atoms with Gasteiger partial charge in [-0.1, -0.05) is 0 Å². The van der Waals surface area contributed by atoms with Crippen molar-refractivity contribution in [2.75, 3.05) is 7.05 Å². The second-order valence-corrected chi connectivity index (χ2v) is 3.87. The lowest BCUT2D eigenvalue weighted by atomic mass is 10.1. The smallest absolute Gasteiger partial charge is 0.253 e. The summed E-state index contributed by atoms with van der Waals surface area (Å²) in [4.78, 5) is 17.7. The molecule has 1 amide bonds. The van der Waals surface area contributed by atoms with E-state index in [1.165, 1.54) is 0 Å². The van der Waals surface area contributed by atoms with Crippen LogP contribution in [0, 0.1) is 11.3 Å². The van der Waals surface area contributed by atoms with E-state index in [0.717, 1.165) is 0 Å². The first-order chi connectivity index (χ1) is 8.10. The first-order valence-electron chi connectivity index (χ1n) is 5.39. The van der Waals surface area contributed by atoms with Crippen LogP contribution in [0.5, 0.6) is 0 Å². The maximum absolute atomic E-state index is 12.1. The number of aromatic nitrogens is 1. The molecule has 5 heteroatoms. The molecule has 1 aromatic rings. The van der Waals surface area contributed by atoms with E-state index in [1.807, 2.05) is 6.92 Å². The minimum absolute atomic E-state index is 0.109. The summed E-state index contributed by atoms with van der Waals surface area (Å²) < 4.78 is 0. The highest BCUT2D eigenvalue weighted by atomic mass is 16.2. The zero-order valence-corrected chi connectivity index (χ0v) is 10.1. The second-order valence-electron chi connectivity index (χ2n) is 3.87. The summed E-state index contributed by atoms with van der Waals surface area (Å²) in [6.45, 7) is 2.14. The van der Waals surface area contributed by atoms with Crippen LogP contribution >= 0.6 is 0 Å². The zero-order valence-electron chi connectivity index (χ0n) is 10.1. The monoisotopic (exact) mass is 232 g/mol. The van der Waals surface area contributed by atoms with Crippen LogP contribution in [0.2, 0.25) is 0 Å². The fourth-order valence-corrected chi connectivity index (χ4v) is 1.40. The lowest BCUT2D eigenvalue weighted by molar-refractivity contribution is 0.0746. The molecule has 0 aromatic carbocycles. The SMILES string of the molecule is CC(CC#N)N(C)C(=O)c1ccnc(CN)c1. The third-order valence-corrected chi connectivity index (χ3v) is 2.64. The number of nitriles is 1. The first kappa shape index (κ1) is 13.1. The Morgan fingerprint density at radius 2 is 2.41 bits per heavy atom. The highest BCUT2D eigenvalue weighted by Gasteiger charge is 2.17. The highest BCUT2D eigenvalue weighted by molar-refractivity contribution is 5.94. The van der Waals surface area contributed by atoms with Crippen molar-refractivity contribution in [3.05, 3.63) is 29.6 Å². The summed E-state index contributed by atoms with van der Waals surface area (Å²) >= 11 is 0. The van der Waals surface area contributed by atoms with Crippen LogP contribution in [0.4, 0.5) is 0 Å². The third kappa shape index (κ3) is 3.26. The molecule has 17 heavy (non-hydrogen) atoms. The van der Waals surface area contributed by atoms with Gasteiger partial charge in [0, 0.05) is 31.4 Å². The normalized spacial score (nSPS) is 11.6. The van der Waals surface area contributed by atoms with Gasteiger partial charge in [-0.2, -0.15) is 5.26 Å². The zero-order chi connectivity index (χ0) is 12.8. The van der Waals surface area contributed by atoms with Crippen molar-refractivity contribution in [1.82, 2.24) is 9.88 Å². The number of nitrogens with zero attached hydrogens (tertiary/aromatic N) is 3. The standard InChI is InChI=1S/C12H16N4O/c1-9(3-5-13)16(2)12(17)10-4-6-15-11(7-10)8-14/h4,6-7,9H,3,8,14H2,1-2H3. The molecule has 1 aromatic heterocycles. The van der Waals surface area contributed by atoms with Gasteiger partial charge in [-0.15, -0.1) is 0 Å². The van der Waals surface area contributed by atoms with Crippen molar-refractivity contribution in [1.29, 1.82) is 5.26 Å². The van der Waals surface area contributed by atoms with Gasteiger partial charge in [0.05, 0.1) is 18.2 Å². The van der Waals surface area contributed by atoms with E-state index in [2.05, 4.69) is 11.1 Å². The van der Waals surface area contributed by atoms with Gasteiger partial charge in [0.1, 0.15) is 0 Å². The predicted octanol–water partition coefficient (Wildman–Crippen LogP) is 0.914. The highest BCUT2D eigenvalue weighted by Crippen LogP contribution is 2.09. The van der Waals surface area contributed by atoms with Crippen molar-refractivity contribution >= 4 is 5.91 Å². The molecular formula is C12H16N4O. The Bertz CT molecular complexity index is 438. The Hall–Kier alpha value is -1.93. The van der Waals surface area contributed by atoms with E-state index in [-0.39, 0.29) is 11.9 Å². The number of hydrogen-bond acceptors (Lipinski definition) is 4. The van der Waals surface area contributed by atoms with Gasteiger partial charge in [-0.05, 0) is 19.1 Å². The van der Waals surface area contributed by atoms with Crippen LogP contribution in [0.1, 0.15) is 29.4 Å². The van der Waals surface area contributed by atoms with Crippen molar-refractivity contribution in [2.45, 2.75) is 25.9 Å². The van der Waals surface area contributed by atoms with E-state index >= 15 is 0 Å². The van der Waals surface area contributed by atoms with Crippen molar-refractivity contribution < 1.29 is 4.79 Å². The predicted molar refractivity (Wildman–Crippen MR) is 63.9 cm³/mol. The molecule has 0 saturated carbocycles. The molecule has 1 heterocycles. The molecule has 1 rings (SSSR count). The van der Waals surface area contributed by atoms with Gasteiger partial charge >= 0.3 is 0 Å². The van der Waals surface area contributed by atoms with Crippen LogP contribution in [0.25, 0.3) is 0 Å². The number of hydrogen-bond donors (Lipinski definition) is 1. The molecule has 90 valence electrons. The second kappa shape index (κ2) is 5.97. The number of carbonyl (C=O) groups excluding carboxylic acids is 1. The Balaban J connectivity index is 2.85. The lowest BCUT2D eigenvalue weighted by Gasteiger charge is -2.23. The van der Waals surface area contributed by atoms with Gasteiger partial charge in [-0.25, -0.2) is 0 Å². The lowest BCUT2D eigenvalue weighted by Crippen LogP contribution is -2.34. The molecular weight excluding hydrogens is 216 g/mol. The van der Waals surface area contributed by atoms with Gasteiger partial charge < -0.3 is 10.6 Å². The maximum Gasteiger partial charge on any atom is 0.253 e. The van der Waals surface area contributed by atoms with Crippen LogP contribution < -0.4 is 5.73 Å². The van der Waals surface area contributed by atoms with Crippen molar-refractivity contribution in [3.63, 3.8) is 0 Å². The average molecular weight is 232 g/mol. The fraction of sp³-hybridized carbons (Fsp3) is 0.417. The first-order valence-corrected chi connectivity index (χ1v) is 5.39. The van der Waals surface area contributed by atoms with E-state index in [1.54, 1.807) is 30.3 Å². The number of pyridine rings is 1. The molecule has 0 spiro atoms. The van der Waals surface area contributed by atoms with Crippen LogP contribution in [0.15, 0.2) is 18.3 Å². The van der Waals surface area contributed by atoms with Gasteiger partial charge in [0.2, 0.25) is 0 Å². The quantitative estimate of drug-likeness (QED) is 0.836. The molecule has 0 bridgehead atoms. The molecule has 0 aliphatic carbocycles. The number of rotatable bonds is 4. The molecule has 1 atom stereocenters. The largest absolute Gasteiger partial charge is 0.338 e. The van der Waals surface area contributed by atoms with Crippen LogP contribution in [0.3, 0.4) is 0 Å². The van der Waals surface area contributed by atoms with Gasteiger partial charge in [0.25, 0.3) is 5.91 Å². The summed E-state index contributed by atoms with van der Waals surface area (Å²) in [6.07, 6.45) is 1.88. The summed E-state index contributed by atoms with van der Waals surface area (Å²) in [5.41, 5.74) is 6.70. The Morgan fingerprint density at radius 3 is 3.00 bits per heavy atom. The average Bonchev–Trinajstić information content (AvgIpc) is 2.37. The summed E-state index contributed by atoms with van der Waals surface area (Å²) in [5.74, 6) is -0.121. The molecule has 1 unspecified atom stereocenters.